The van der Waals surface area contributed by atoms with Crippen molar-refractivity contribution in [3.8, 4) is 0 Å². The van der Waals surface area contributed by atoms with Gasteiger partial charge in [0.05, 0.1) is 0 Å². The number of hydrogen-bond acceptors (Lipinski definition) is 3. The molecule has 0 aliphatic heterocycles. The van der Waals surface area contributed by atoms with Gasteiger partial charge >= 0.3 is 5.97 Å². The molecular weight excluding hydrogens is 248 g/mol. The van der Waals surface area contributed by atoms with E-state index in [1.165, 1.54) is 0 Å². The van der Waals surface area contributed by atoms with Crippen LogP contribution in [0.1, 0.15) is 44.9 Å². The van der Waals surface area contributed by atoms with Gasteiger partial charge in [-0.05, 0) is 32.1 Å². The number of carbonyl (C=O) groups excluding carboxylic acids is 2. The first kappa shape index (κ1) is 15.5. The van der Waals surface area contributed by atoms with Gasteiger partial charge in [0, 0.05) is 31.8 Å². The van der Waals surface area contributed by atoms with Crippen LogP contribution in [0.25, 0.3) is 0 Å². The molecule has 0 aromatic heterocycles. The molecule has 1 rings (SSSR count). The van der Waals surface area contributed by atoms with Crippen LogP contribution in [0.2, 0.25) is 0 Å². The molecule has 1 saturated carbocycles. The summed E-state index contributed by atoms with van der Waals surface area (Å²) in [4.78, 5) is 32.9. The van der Waals surface area contributed by atoms with Crippen LogP contribution in [0.3, 0.4) is 0 Å². The third-order valence-corrected chi connectivity index (χ3v) is 2.97. The van der Waals surface area contributed by atoms with Crippen LogP contribution >= 0.6 is 0 Å². The summed E-state index contributed by atoms with van der Waals surface area (Å²) in [5.74, 6) is -0.536. The largest absolute Gasteiger partial charge is 0.481 e. The van der Waals surface area contributed by atoms with E-state index in [9.17, 15) is 14.4 Å². The fraction of sp³-hybridized carbons (Fsp3) is 0.769. The molecule has 0 saturated heterocycles. The van der Waals surface area contributed by atoms with Gasteiger partial charge in [0.1, 0.15) is 0 Å². The molecule has 0 bridgehead atoms. The lowest BCUT2D eigenvalue weighted by molar-refractivity contribution is -0.137. The summed E-state index contributed by atoms with van der Waals surface area (Å²) in [6.45, 7) is 1.06. The Morgan fingerprint density at radius 1 is 0.947 bits per heavy atom. The number of carboxylic acid groups (broad SMARTS) is 1. The lowest BCUT2D eigenvalue weighted by Gasteiger charge is -2.05. The minimum Gasteiger partial charge on any atom is -0.481 e. The van der Waals surface area contributed by atoms with Crippen LogP contribution in [0.15, 0.2) is 0 Å². The third-order valence-electron chi connectivity index (χ3n) is 2.97. The molecule has 0 atom stereocenters. The Kier molecular flexibility index (Phi) is 6.92. The van der Waals surface area contributed by atoms with Gasteiger partial charge in [-0.15, -0.1) is 0 Å². The molecule has 0 radical (unpaired) electrons. The number of carboxylic acids is 1. The first-order chi connectivity index (χ1) is 9.09. The highest BCUT2D eigenvalue weighted by Gasteiger charge is 2.28. The molecule has 108 valence electrons. The lowest BCUT2D eigenvalue weighted by Crippen LogP contribution is -2.28. The summed E-state index contributed by atoms with van der Waals surface area (Å²) in [6, 6.07) is 0. The van der Waals surface area contributed by atoms with Gasteiger partial charge in [-0.3, -0.25) is 14.4 Å². The highest BCUT2D eigenvalue weighted by Crippen LogP contribution is 2.28. The molecule has 1 aliphatic rings. The predicted molar refractivity (Wildman–Crippen MR) is 69.5 cm³/mol. The number of unbranched alkanes of at least 4 members (excludes halogenated alkanes) is 1. The van der Waals surface area contributed by atoms with Gasteiger partial charge in [0.25, 0.3) is 0 Å². The molecule has 0 unspecified atom stereocenters. The molecule has 19 heavy (non-hydrogen) atoms. The summed E-state index contributed by atoms with van der Waals surface area (Å²) in [5.41, 5.74) is 0. The number of carbonyl (C=O) groups is 3. The van der Waals surface area contributed by atoms with Crippen molar-refractivity contribution in [2.75, 3.05) is 13.1 Å². The van der Waals surface area contributed by atoms with Crippen molar-refractivity contribution in [3.05, 3.63) is 0 Å². The minimum atomic E-state index is -0.808. The van der Waals surface area contributed by atoms with Crippen LogP contribution in [0, 0.1) is 5.92 Å². The molecule has 0 heterocycles. The summed E-state index contributed by atoms with van der Waals surface area (Å²) in [6.07, 6.45) is 4.40. The second kappa shape index (κ2) is 8.50. The summed E-state index contributed by atoms with van der Waals surface area (Å²) in [7, 11) is 0. The van der Waals surface area contributed by atoms with Gasteiger partial charge in [-0.1, -0.05) is 0 Å². The zero-order chi connectivity index (χ0) is 14.1. The highest BCUT2D eigenvalue weighted by atomic mass is 16.4. The second-order valence-corrected chi connectivity index (χ2v) is 4.87. The number of aliphatic carboxylic acids is 1. The van der Waals surface area contributed by atoms with E-state index in [-0.39, 0.29) is 24.2 Å². The molecule has 6 heteroatoms. The van der Waals surface area contributed by atoms with E-state index in [2.05, 4.69) is 10.6 Å². The first-order valence-electron chi connectivity index (χ1n) is 6.86. The van der Waals surface area contributed by atoms with E-state index in [1.54, 1.807) is 0 Å². The molecule has 0 aromatic rings. The Bertz CT molecular complexity index is 327. The maximum atomic E-state index is 11.4. The van der Waals surface area contributed by atoms with Gasteiger partial charge in [0.15, 0.2) is 0 Å². The SMILES string of the molecule is O=C(O)CCCCNC(=O)CCCNC(=O)C1CC1. The monoisotopic (exact) mass is 270 g/mol. The molecular formula is C13H22N2O4. The van der Waals surface area contributed by atoms with E-state index >= 15 is 0 Å². The van der Waals surface area contributed by atoms with Gasteiger partial charge in [-0.25, -0.2) is 0 Å². The normalized spacial score (nSPS) is 13.9. The van der Waals surface area contributed by atoms with Crippen molar-refractivity contribution in [3.63, 3.8) is 0 Å². The highest BCUT2D eigenvalue weighted by molar-refractivity contribution is 5.81. The topological polar surface area (TPSA) is 95.5 Å². The van der Waals surface area contributed by atoms with Crippen molar-refractivity contribution in [1.82, 2.24) is 10.6 Å². The molecule has 1 aliphatic carbocycles. The molecule has 6 nitrogen and oxygen atoms in total. The quantitative estimate of drug-likeness (QED) is 0.508. The van der Waals surface area contributed by atoms with Gasteiger partial charge < -0.3 is 15.7 Å². The van der Waals surface area contributed by atoms with Crippen LogP contribution < -0.4 is 10.6 Å². The maximum Gasteiger partial charge on any atom is 0.303 e. The van der Waals surface area contributed by atoms with Crippen molar-refractivity contribution >= 4 is 17.8 Å². The van der Waals surface area contributed by atoms with Crippen molar-refractivity contribution in [2.24, 2.45) is 5.92 Å². The average molecular weight is 270 g/mol. The summed E-state index contributed by atoms with van der Waals surface area (Å²) < 4.78 is 0. The molecule has 0 spiro atoms. The van der Waals surface area contributed by atoms with Gasteiger partial charge in [-0.2, -0.15) is 0 Å². The zero-order valence-electron chi connectivity index (χ0n) is 11.1. The van der Waals surface area contributed by atoms with E-state index in [0.29, 0.717) is 38.8 Å². The standard InChI is InChI=1S/C13H22N2O4/c16-11(14-8-2-1-5-12(17)18)4-3-9-15-13(19)10-6-7-10/h10H,1-9H2,(H,14,16)(H,15,19)(H,17,18). The van der Waals surface area contributed by atoms with E-state index in [0.717, 1.165) is 12.8 Å². The number of nitrogens with one attached hydrogen (secondary N) is 2. The van der Waals surface area contributed by atoms with Crippen molar-refractivity contribution in [1.29, 1.82) is 0 Å². The maximum absolute atomic E-state index is 11.4. The Labute approximate surface area is 112 Å². The molecule has 1 fully saturated rings. The Morgan fingerprint density at radius 2 is 1.63 bits per heavy atom. The zero-order valence-corrected chi connectivity index (χ0v) is 11.1. The number of amides is 2. The smallest absolute Gasteiger partial charge is 0.303 e. The first-order valence-corrected chi connectivity index (χ1v) is 6.86. The van der Waals surface area contributed by atoms with Crippen LogP contribution in [0.4, 0.5) is 0 Å². The number of rotatable bonds is 10. The number of hydrogen-bond donors (Lipinski definition) is 3. The second-order valence-electron chi connectivity index (χ2n) is 4.87. The van der Waals surface area contributed by atoms with Crippen LogP contribution in [-0.4, -0.2) is 36.0 Å². The van der Waals surface area contributed by atoms with E-state index in [1.807, 2.05) is 0 Å². The fourth-order valence-corrected chi connectivity index (χ4v) is 1.67. The third kappa shape index (κ3) is 8.18. The Hall–Kier alpha value is -1.59. The van der Waals surface area contributed by atoms with E-state index < -0.39 is 5.97 Å². The Balaban J connectivity index is 1.87. The Morgan fingerprint density at radius 3 is 2.26 bits per heavy atom. The lowest BCUT2D eigenvalue weighted by atomic mass is 10.2. The minimum absolute atomic E-state index is 0.0454. The van der Waals surface area contributed by atoms with Crippen molar-refractivity contribution < 1.29 is 19.5 Å². The summed E-state index contributed by atoms with van der Waals surface area (Å²) >= 11 is 0. The fourth-order valence-electron chi connectivity index (χ4n) is 1.67. The summed E-state index contributed by atoms with van der Waals surface area (Å²) in [5, 5.41) is 14.0. The molecule has 3 N–H and O–H groups in total. The van der Waals surface area contributed by atoms with Gasteiger partial charge in [0.2, 0.25) is 11.8 Å². The van der Waals surface area contributed by atoms with Crippen LogP contribution in [-0.2, 0) is 14.4 Å². The van der Waals surface area contributed by atoms with E-state index in [4.69, 9.17) is 5.11 Å². The molecule has 0 aromatic carbocycles. The van der Waals surface area contributed by atoms with Crippen LogP contribution in [0.5, 0.6) is 0 Å². The predicted octanol–water partition coefficient (Wildman–Crippen LogP) is 0.664. The molecule has 2 amide bonds. The van der Waals surface area contributed by atoms with Crippen molar-refractivity contribution in [2.45, 2.75) is 44.9 Å². The average Bonchev–Trinajstić information content (AvgIpc) is 3.17.